The van der Waals surface area contributed by atoms with E-state index in [9.17, 15) is 0 Å². The molecule has 3 heterocycles. The molecule has 0 saturated carbocycles. The maximum Gasteiger partial charge on any atom is 0.226 e. The highest BCUT2D eigenvalue weighted by atomic mass is 16.5. The molecule has 0 radical (unpaired) electrons. The van der Waals surface area contributed by atoms with Crippen LogP contribution in [0.2, 0.25) is 0 Å². The van der Waals surface area contributed by atoms with Crippen LogP contribution in [0.15, 0.2) is 4.52 Å². The SMILES string of the molecule is C1CCC(CCc2nc(CC3CCCCO3)no2)NC1. The molecule has 0 spiro atoms. The summed E-state index contributed by atoms with van der Waals surface area (Å²) in [5.74, 6) is 1.59. The zero-order valence-electron chi connectivity index (χ0n) is 12.1. The topological polar surface area (TPSA) is 60.2 Å². The zero-order chi connectivity index (χ0) is 13.6. The van der Waals surface area contributed by atoms with Crippen LogP contribution in [-0.4, -0.2) is 35.4 Å². The molecule has 3 rings (SSSR count). The molecule has 2 aliphatic heterocycles. The lowest BCUT2D eigenvalue weighted by molar-refractivity contribution is 0.0153. The third-order valence-corrected chi connectivity index (χ3v) is 4.31. The highest BCUT2D eigenvalue weighted by Gasteiger charge is 2.18. The second kappa shape index (κ2) is 7.18. The number of ether oxygens (including phenoxy) is 1. The van der Waals surface area contributed by atoms with Crippen molar-refractivity contribution in [3.8, 4) is 0 Å². The van der Waals surface area contributed by atoms with Gasteiger partial charge in [-0.1, -0.05) is 11.6 Å². The Hall–Kier alpha value is -0.940. The highest BCUT2D eigenvalue weighted by molar-refractivity contribution is 4.90. The van der Waals surface area contributed by atoms with Crippen molar-refractivity contribution in [1.29, 1.82) is 0 Å². The molecule has 1 aromatic heterocycles. The van der Waals surface area contributed by atoms with E-state index in [0.717, 1.165) is 50.6 Å². The lowest BCUT2D eigenvalue weighted by Gasteiger charge is -2.22. The minimum atomic E-state index is 0.286. The van der Waals surface area contributed by atoms with Gasteiger partial charge in [0.2, 0.25) is 5.89 Å². The maximum absolute atomic E-state index is 5.71. The molecular formula is C15H25N3O2. The molecule has 2 aliphatic rings. The van der Waals surface area contributed by atoms with Crippen molar-refractivity contribution < 1.29 is 9.26 Å². The van der Waals surface area contributed by atoms with Crippen LogP contribution in [0.4, 0.5) is 0 Å². The summed E-state index contributed by atoms with van der Waals surface area (Å²) in [6.07, 6.45) is 10.5. The fraction of sp³-hybridized carbons (Fsp3) is 0.867. The molecule has 2 atom stereocenters. The van der Waals surface area contributed by atoms with Gasteiger partial charge in [-0.25, -0.2) is 0 Å². The fourth-order valence-corrected chi connectivity index (χ4v) is 3.11. The number of nitrogens with zero attached hydrogens (tertiary/aromatic N) is 2. The lowest BCUT2D eigenvalue weighted by atomic mass is 10.0. The zero-order valence-corrected chi connectivity index (χ0v) is 12.1. The van der Waals surface area contributed by atoms with E-state index in [1.807, 2.05) is 0 Å². The van der Waals surface area contributed by atoms with Crippen molar-refractivity contribution >= 4 is 0 Å². The number of hydrogen-bond acceptors (Lipinski definition) is 5. The summed E-state index contributed by atoms with van der Waals surface area (Å²) < 4.78 is 11.1. The quantitative estimate of drug-likeness (QED) is 0.896. The number of piperidine rings is 1. The molecule has 1 N–H and O–H groups in total. The molecule has 0 bridgehead atoms. The third kappa shape index (κ3) is 4.03. The monoisotopic (exact) mass is 279 g/mol. The Bertz CT molecular complexity index is 396. The standard InChI is InChI=1S/C15H25N3O2/c1-3-9-16-12(5-1)7-8-15-17-14(18-20-15)11-13-6-2-4-10-19-13/h12-13,16H,1-11H2. The van der Waals surface area contributed by atoms with E-state index in [4.69, 9.17) is 9.26 Å². The Balaban J connectivity index is 1.43. The van der Waals surface area contributed by atoms with Gasteiger partial charge in [0.15, 0.2) is 5.82 Å². The number of nitrogens with one attached hydrogen (secondary N) is 1. The van der Waals surface area contributed by atoms with E-state index in [1.54, 1.807) is 0 Å². The van der Waals surface area contributed by atoms with Crippen LogP contribution in [-0.2, 0) is 17.6 Å². The van der Waals surface area contributed by atoms with Gasteiger partial charge in [0.25, 0.3) is 0 Å². The Morgan fingerprint density at radius 3 is 2.90 bits per heavy atom. The van der Waals surface area contributed by atoms with Crippen LogP contribution in [0.3, 0.4) is 0 Å². The van der Waals surface area contributed by atoms with Crippen LogP contribution in [0, 0.1) is 0 Å². The normalized spacial score (nSPS) is 27.6. The van der Waals surface area contributed by atoms with Crippen molar-refractivity contribution in [1.82, 2.24) is 15.5 Å². The molecule has 0 amide bonds. The summed E-state index contributed by atoms with van der Waals surface area (Å²) >= 11 is 0. The van der Waals surface area contributed by atoms with Gasteiger partial charge in [0.05, 0.1) is 6.10 Å². The van der Waals surface area contributed by atoms with E-state index in [-0.39, 0.29) is 6.10 Å². The first-order valence-electron chi connectivity index (χ1n) is 8.06. The Morgan fingerprint density at radius 2 is 2.10 bits per heavy atom. The fourth-order valence-electron chi connectivity index (χ4n) is 3.11. The van der Waals surface area contributed by atoms with Crippen LogP contribution >= 0.6 is 0 Å². The maximum atomic E-state index is 5.71. The van der Waals surface area contributed by atoms with Crippen molar-refractivity contribution in [3.05, 3.63) is 11.7 Å². The molecule has 2 fully saturated rings. The lowest BCUT2D eigenvalue weighted by Crippen LogP contribution is -2.34. The summed E-state index contributed by atoms with van der Waals surface area (Å²) in [6, 6.07) is 0.626. The first kappa shape index (κ1) is 14.0. The Labute approximate surface area is 120 Å². The summed E-state index contributed by atoms with van der Waals surface area (Å²) in [7, 11) is 0. The van der Waals surface area contributed by atoms with Crippen molar-refractivity contribution in [2.45, 2.75) is 69.9 Å². The predicted molar refractivity (Wildman–Crippen MR) is 75.6 cm³/mol. The predicted octanol–water partition coefficient (Wildman–Crippen LogP) is 2.26. The van der Waals surface area contributed by atoms with E-state index >= 15 is 0 Å². The molecule has 2 saturated heterocycles. The Kier molecular flexibility index (Phi) is 5.03. The van der Waals surface area contributed by atoms with Gasteiger partial charge in [-0.3, -0.25) is 0 Å². The van der Waals surface area contributed by atoms with Crippen LogP contribution in [0.5, 0.6) is 0 Å². The average Bonchev–Trinajstić information content (AvgIpc) is 2.95. The summed E-state index contributed by atoms with van der Waals surface area (Å²) in [6.45, 7) is 2.03. The summed E-state index contributed by atoms with van der Waals surface area (Å²) in [5, 5.41) is 7.64. The van der Waals surface area contributed by atoms with Crippen LogP contribution in [0.1, 0.15) is 56.7 Å². The smallest absolute Gasteiger partial charge is 0.226 e. The number of aryl methyl sites for hydroxylation is 1. The van der Waals surface area contributed by atoms with Gasteiger partial charge >= 0.3 is 0 Å². The number of aromatic nitrogens is 2. The molecule has 20 heavy (non-hydrogen) atoms. The van der Waals surface area contributed by atoms with E-state index in [2.05, 4.69) is 15.5 Å². The van der Waals surface area contributed by atoms with E-state index in [0.29, 0.717) is 6.04 Å². The summed E-state index contributed by atoms with van der Waals surface area (Å²) in [5.41, 5.74) is 0. The molecule has 5 nitrogen and oxygen atoms in total. The first-order valence-corrected chi connectivity index (χ1v) is 8.06. The molecule has 112 valence electrons. The van der Waals surface area contributed by atoms with E-state index in [1.165, 1.54) is 32.1 Å². The molecule has 1 aromatic rings. The number of rotatable bonds is 5. The van der Waals surface area contributed by atoms with Gasteiger partial charge in [0, 0.05) is 25.5 Å². The second-order valence-electron chi connectivity index (χ2n) is 5.98. The minimum Gasteiger partial charge on any atom is -0.378 e. The van der Waals surface area contributed by atoms with E-state index < -0.39 is 0 Å². The second-order valence-corrected chi connectivity index (χ2v) is 5.98. The van der Waals surface area contributed by atoms with Gasteiger partial charge < -0.3 is 14.6 Å². The number of hydrogen-bond donors (Lipinski definition) is 1. The van der Waals surface area contributed by atoms with Crippen molar-refractivity contribution in [3.63, 3.8) is 0 Å². The van der Waals surface area contributed by atoms with Crippen molar-refractivity contribution in [2.75, 3.05) is 13.2 Å². The molecule has 0 aliphatic carbocycles. The average molecular weight is 279 g/mol. The Morgan fingerprint density at radius 1 is 1.15 bits per heavy atom. The van der Waals surface area contributed by atoms with Crippen LogP contribution < -0.4 is 5.32 Å². The highest BCUT2D eigenvalue weighted by Crippen LogP contribution is 2.17. The molecular weight excluding hydrogens is 254 g/mol. The largest absolute Gasteiger partial charge is 0.378 e. The van der Waals surface area contributed by atoms with Gasteiger partial charge in [-0.15, -0.1) is 0 Å². The van der Waals surface area contributed by atoms with Gasteiger partial charge in [-0.2, -0.15) is 4.98 Å². The molecule has 0 aromatic carbocycles. The summed E-state index contributed by atoms with van der Waals surface area (Å²) in [4.78, 5) is 4.50. The molecule has 2 unspecified atom stereocenters. The third-order valence-electron chi connectivity index (χ3n) is 4.31. The molecule has 5 heteroatoms. The minimum absolute atomic E-state index is 0.286. The van der Waals surface area contributed by atoms with Crippen LogP contribution in [0.25, 0.3) is 0 Å². The first-order chi connectivity index (χ1) is 9.90. The van der Waals surface area contributed by atoms with Gasteiger partial charge in [-0.05, 0) is 45.1 Å². The van der Waals surface area contributed by atoms with Crippen molar-refractivity contribution in [2.24, 2.45) is 0 Å². The van der Waals surface area contributed by atoms with Gasteiger partial charge in [0.1, 0.15) is 0 Å².